The molecule has 0 aromatic heterocycles. The number of hydrogen-bond donors (Lipinski definition) is 1. The molecule has 1 aliphatic rings. The maximum atomic E-state index is 13.6. The molecule has 110 valence electrons. The van der Waals surface area contributed by atoms with Crippen LogP contribution in [0.3, 0.4) is 0 Å². The van der Waals surface area contributed by atoms with Crippen LogP contribution >= 0.6 is 15.9 Å². The van der Waals surface area contributed by atoms with Gasteiger partial charge in [-0.3, -0.25) is 4.79 Å². The summed E-state index contributed by atoms with van der Waals surface area (Å²) in [6, 6.07) is 2.00. The van der Waals surface area contributed by atoms with Crippen LogP contribution < -0.4 is 5.32 Å². The number of nitrogens with one attached hydrogen (secondary N) is 1. The van der Waals surface area contributed by atoms with Crippen molar-refractivity contribution in [3.8, 4) is 0 Å². The van der Waals surface area contributed by atoms with Gasteiger partial charge in [0.05, 0.1) is 11.5 Å². The van der Waals surface area contributed by atoms with Gasteiger partial charge in [-0.2, -0.15) is 0 Å². The van der Waals surface area contributed by atoms with Crippen LogP contribution in [0.25, 0.3) is 0 Å². The third-order valence-electron chi connectivity index (χ3n) is 3.11. The summed E-state index contributed by atoms with van der Waals surface area (Å²) in [6.45, 7) is 0.0903. The molecule has 8 heteroatoms. The van der Waals surface area contributed by atoms with E-state index in [4.69, 9.17) is 0 Å². The lowest BCUT2D eigenvalue weighted by Crippen LogP contribution is -2.31. The molecule has 4 nitrogen and oxygen atoms in total. The molecule has 1 saturated heterocycles. The first-order valence-corrected chi connectivity index (χ1v) is 8.53. The second-order valence-corrected chi connectivity index (χ2v) is 7.87. The van der Waals surface area contributed by atoms with E-state index in [1.807, 2.05) is 0 Å². The van der Waals surface area contributed by atoms with Crippen molar-refractivity contribution >= 4 is 31.7 Å². The normalized spacial score (nSPS) is 20.9. The zero-order valence-electron chi connectivity index (χ0n) is 10.3. The Morgan fingerprint density at radius 3 is 2.45 bits per heavy atom. The van der Waals surface area contributed by atoms with Crippen molar-refractivity contribution in [3.05, 3.63) is 33.8 Å². The monoisotopic (exact) mass is 367 g/mol. The van der Waals surface area contributed by atoms with Gasteiger partial charge in [0, 0.05) is 11.0 Å². The first-order valence-electron chi connectivity index (χ1n) is 5.91. The second kappa shape index (κ2) is 5.77. The predicted octanol–water partition coefficient (Wildman–Crippen LogP) is 1.89. The van der Waals surface area contributed by atoms with Crippen molar-refractivity contribution < 1.29 is 22.0 Å². The van der Waals surface area contributed by atoms with Gasteiger partial charge in [-0.25, -0.2) is 17.2 Å². The molecular weight excluding hydrogens is 356 g/mol. The predicted molar refractivity (Wildman–Crippen MR) is 73.2 cm³/mol. The van der Waals surface area contributed by atoms with E-state index in [1.54, 1.807) is 0 Å². The number of amides is 1. The lowest BCUT2D eigenvalue weighted by Gasteiger charge is -2.11. The van der Waals surface area contributed by atoms with Crippen molar-refractivity contribution in [3.63, 3.8) is 0 Å². The van der Waals surface area contributed by atoms with Gasteiger partial charge in [-0.05, 0) is 24.5 Å². The van der Waals surface area contributed by atoms with Gasteiger partial charge < -0.3 is 5.32 Å². The fourth-order valence-electron chi connectivity index (χ4n) is 2.12. The van der Waals surface area contributed by atoms with Crippen LogP contribution in [0.2, 0.25) is 0 Å². The standard InChI is InChI=1S/C12H12BrF2NO3S/c13-8-3-9(14)11(10(15)4-8)12(17)16-5-7-1-2-20(18,19)6-7/h3-4,7H,1-2,5-6H2,(H,16,17). The Hall–Kier alpha value is -1.02. The molecule has 1 aromatic carbocycles. The maximum Gasteiger partial charge on any atom is 0.257 e. The fourth-order valence-corrected chi connectivity index (χ4v) is 4.38. The second-order valence-electron chi connectivity index (χ2n) is 4.72. The van der Waals surface area contributed by atoms with Crippen LogP contribution in [0.4, 0.5) is 8.78 Å². The van der Waals surface area contributed by atoms with Gasteiger partial charge in [0.25, 0.3) is 5.91 Å². The lowest BCUT2D eigenvalue weighted by atomic mass is 10.1. The molecule has 1 amide bonds. The van der Waals surface area contributed by atoms with E-state index in [9.17, 15) is 22.0 Å². The topological polar surface area (TPSA) is 63.2 Å². The van der Waals surface area contributed by atoms with Crippen LogP contribution in [-0.4, -0.2) is 32.4 Å². The van der Waals surface area contributed by atoms with Crippen LogP contribution in [0, 0.1) is 17.6 Å². The molecule has 0 saturated carbocycles. The molecule has 20 heavy (non-hydrogen) atoms. The highest BCUT2D eigenvalue weighted by molar-refractivity contribution is 9.10. The van der Waals surface area contributed by atoms with E-state index in [-0.39, 0.29) is 28.4 Å². The molecular formula is C12H12BrF2NO3S. The Morgan fingerprint density at radius 1 is 1.35 bits per heavy atom. The molecule has 2 rings (SSSR count). The summed E-state index contributed by atoms with van der Waals surface area (Å²) in [5.41, 5.74) is -0.658. The van der Waals surface area contributed by atoms with Gasteiger partial charge >= 0.3 is 0 Å². The zero-order chi connectivity index (χ0) is 14.9. The van der Waals surface area contributed by atoms with E-state index in [2.05, 4.69) is 21.2 Å². The van der Waals surface area contributed by atoms with Crippen molar-refractivity contribution in [1.82, 2.24) is 5.32 Å². The molecule has 0 radical (unpaired) electrons. The number of rotatable bonds is 3. The maximum absolute atomic E-state index is 13.6. The van der Waals surface area contributed by atoms with E-state index in [1.165, 1.54) is 0 Å². The van der Waals surface area contributed by atoms with Gasteiger partial charge in [0.2, 0.25) is 0 Å². The first kappa shape index (κ1) is 15.4. The summed E-state index contributed by atoms with van der Waals surface area (Å²) in [5, 5.41) is 2.38. The highest BCUT2D eigenvalue weighted by Gasteiger charge is 2.28. The number of sulfone groups is 1. The average molecular weight is 368 g/mol. The summed E-state index contributed by atoms with van der Waals surface area (Å²) < 4.78 is 49.8. The molecule has 0 spiro atoms. The van der Waals surface area contributed by atoms with Crippen LogP contribution in [-0.2, 0) is 9.84 Å². The van der Waals surface area contributed by atoms with Crippen molar-refractivity contribution in [1.29, 1.82) is 0 Å². The minimum atomic E-state index is -3.04. The van der Waals surface area contributed by atoms with E-state index in [0.29, 0.717) is 6.42 Å². The van der Waals surface area contributed by atoms with Gasteiger partial charge in [0.15, 0.2) is 9.84 Å². The Balaban J connectivity index is 2.03. The molecule has 1 atom stereocenters. The largest absolute Gasteiger partial charge is 0.352 e. The third-order valence-corrected chi connectivity index (χ3v) is 5.41. The van der Waals surface area contributed by atoms with Gasteiger partial charge in [0.1, 0.15) is 17.2 Å². The smallest absolute Gasteiger partial charge is 0.257 e. The SMILES string of the molecule is O=C(NCC1CCS(=O)(=O)C1)c1c(F)cc(Br)cc1F. The molecule has 1 fully saturated rings. The van der Waals surface area contributed by atoms with Gasteiger partial charge in [-0.1, -0.05) is 15.9 Å². The highest BCUT2D eigenvalue weighted by Crippen LogP contribution is 2.20. The number of carbonyl (C=O) groups is 1. The van der Waals surface area contributed by atoms with E-state index >= 15 is 0 Å². The third kappa shape index (κ3) is 3.54. The summed E-state index contributed by atoms with van der Waals surface area (Å²) in [7, 11) is -3.04. The molecule has 1 unspecified atom stereocenters. The summed E-state index contributed by atoms with van der Waals surface area (Å²) in [4.78, 5) is 11.8. The van der Waals surface area contributed by atoms with Crippen molar-refractivity contribution in [2.24, 2.45) is 5.92 Å². The lowest BCUT2D eigenvalue weighted by molar-refractivity contribution is 0.0940. The molecule has 0 aliphatic carbocycles. The van der Waals surface area contributed by atoms with Crippen LogP contribution in [0.1, 0.15) is 16.8 Å². The number of carbonyl (C=O) groups excluding carboxylic acids is 1. The molecule has 1 aliphatic heterocycles. The van der Waals surface area contributed by atoms with E-state index < -0.39 is 32.9 Å². The quantitative estimate of drug-likeness (QED) is 0.887. The van der Waals surface area contributed by atoms with Crippen LogP contribution in [0.5, 0.6) is 0 Å². The number of benzene rings is 1. The molecule has 1 heterocycles. The van der Waals surface area contributed by atoms with Crippen LogP contribution in [0.15, 0.2) is 16.6 Å². The first-order chi connectivity index (χ1) is 9.28. The Bertz CT molecular complexity index is 625. The Morgan fingerprint density at radius 2 is 1.95 bits per heavy atom. The summed E-state index contributed by atoms with van der Waals surface area (Å²) in [6.07, 6.45) is 0.452. The summed E-state index contributed by atoms with van der Waals surface area (Å²) in [5.74, 6) is -2.92. The number of hydrogen-bond acceptors (Lipinski definition) is 3. The average Bonchev–Trinajstić information content (AvgIpc) is 2.65. The Labute approximate surface area is 123 Å². The molecule has 0 bridgehead atoms. The molecule has 1 N–H and O–H groups in total. The van der Waals surface area contributed by atoms with E-state index in [0.717, 1.165) is 12.1 Å². The summed E-state index contributed by atoms with van der Waals surface area (Å²) >= 11 is 2.92. The minimum Gasteiger partial charge on any atom is -0.352 e. The number of halogens is 3. The zero-order valence-corrected chi connectivity index (χ0v) is 12.7. The van der Waals surface area contributed by atoms with Crippen molar-refractivity contribution in [2.75, 3.05) is 18.1 Å². The van der Waals surface area contributed by atoms with Gasteiger partial charge in [-0.15, -0.1) is 0 Å². The Kier molecular flexibility index (Phi) is 4.43. The van der Waals surface area contributed by atoms with Crippen molar-refractivity contribution in [2.45, 2.75) is 6.42 Å². The highest BCUT2D eigenvalue weighted by atomic mass is 79.9. The molecule has 1 aromatic rings. The minimum absolute atomic E-state index is 0.00141. The fraction of sp³-hybridized carbons (Fsp3) is 0.417.